The topological polar surface area (TPSA) is 23.8 Å². The van der Waals surface area contributed by atoms with Crippen molar-refractivity contribution in [2.24, 2.45) is 0 Å². The largest absolute Gasteiger partial charge is 0.193 e. The summed E-state index contributed by atoms with van der Waals surface area (Å²) in [5.74, 6) is 0. The summed E-state index contributed by atoms with van der Waals surface area (Å²) in [6.45, 7) is 0. The van der Waals surface area contributed by atoms with E-state index in [1.54, 1.807) is 5.41 Å². The molecule has 0 aromatic rings. The van der Waals surface area contributed by atoms with Gasteiger partial charge in [-0.05, 0) is 11.7 Å². The number of thioether (sulfide) groups is 1. The second-order valence-corrected chi connectivity index (χ2v) is 1.41. The molecule has 6 heavy (non-hydrogen) atoms. The van der Waals surface area contributed by atoms with E-state index in [1.807, 2.05) is 12.3 Å². The van der Waals surface area contributed by atoms with Gasteiger partial charge in [0.25, 0.3) is 0 Å². The Balaban J connectivity index is 3.02. The summed E-state index contributed by atoms with van der Waals surface area (Å²) >= 11 is 1.52. The minimum absolute atomic E-state index is 1.45. The fourth-order valence-corrected chi connectivity index (χ4v) is 0.295. The summed E-state index contributed by atoms with van der Waals surface area (Å²) in [4.78, 5) is 0. The molecule has 1 nitrogen and oxygen atoms in total. The molecule has 0 N–H and O–H groups in total. The van der Waals surface area contributed by atoms with Crippen molar-refractivity contribution in [1.82, 2.24) is 0 Å². The Labute approximate surface area is 41.7 Å². The van der Waals surface area contributed by atoms with E-state index < -0.39 is 0 Å². The van der Waals surface area contributed by atoms with Crippen LogP contribution in [0.2, 0.25) is 0 Å². The molecule has 0 aliphatic carbocycles. The fraction of sp³-hybridized carbons (Fsp3) is 0.250. The van der Waals surface area contributed by atoms with Crippen molar-refractivity contribution in [3.8, 4) is 6.07 Å². The summed E-state index contributed by atoms with van der Waals surface area (Å²) in [6.07, 6.45) is 3.36. The van der Waals surface area contributed by atoms with E-state index in [1.165, 1.54) is 17.8 Å². The normalized spacial score (nSPS) is 8.67. The molecule has 0 radical (unpaired) electrons. The highest BCUT2D eigenvalue weighted by Crippen LogP contribution is 1.89. The maximum atomic E-state index is 7.85. The molecular weight excluding hydrogens is 94.1 g/mol. The molecule has 0 saturated carbocycles. The molecule has 0 aromatic carbocycles. The van der Waals surface area contributed by atoms with Crippen LogP contribution >= 0.6 is 11.8 Å². The van der Waals surface area contributed by atoms with Gasteiger partial charge in [0.2, 0.25) is 0 Å². The Hall–Kier alpha value is -0.420. The van der Waals surface area contributed by atoms with Crippen LogP contribution in [-0.2, 0) is 0 Å². The Morgan fingerprint density at radius 2 is 2.50 bits per heavy atom. The molecule has 0 aliphatic rings. The van der Waals surface area contributed by atoms with E-state index in [0.29, 0.717) is 0 Å². The van der Waals surface area contributed by atoms with Gasteiger partial charge in [0.05, 0.1) is 6.07 Å². The van der Waals surface area contributed by atoms with Crippen LogP contribution in [-0.4, -0.2) is 6.26 Å². The highest BCUT2D eigenvalue weighted by molar-refractivity contribution is 8.01. The summed E-state index contributed by atoms with van der Waals surface area (Å²) in [7, 11) is 0. The lowest BCUT2D eigenvalue weighted by atomic mass is 10.7. The smallest absolute Gasteiger partial charge is 0.0917 e. The van der Waals surface area contributed by atoms with Crippen LogP contribution in [0.3, 0.4) is 0 Å². The van der Waals surface area contributed by atoms with Gasteiger partial charge < -0.3 is 0 Å². The molecule has 0 saturated heterocycles. The van der Waals surface area contributed by atoms with E-state index >= 15 is 0 Å². The van der Waals surface area contributed by atoms with Crippen molar-refractivity contribution in [1.29, 1.82) is 5.26 Å². The van der Waals surface area contributed by atoms with Crippen LogP contribution in [0.15, 0.2) is 11.5 Å². The zero-order valence-corrected chi connectivity index (χ0v) is 4.33. The van der Waals surface area contributed by atoms with Crippen LogP contribution in [0, 0.1) is 11.3 Å². The highest BCUT2D eigenvalue weighted by Gasteiger charge is 1.57. The molecule has 0 heterocycles. The predicted octanol–water partition coefficient (Wildman–Crippen LogP) is 1.39. The van der Waals surface area contributed by atoms with Crippen molar-refractivity contribution in [3.63, 3.8) is 0 Å². The lowest BCUT2D eigenvalue weighted by molar-refractivity contribution is 1.54. The van der Waals surface area contributed by atoms with Crippen molar-refractivity contribution in [3.05, 3.63) is 11.5 Å². The number of hydrogen-bond acceptors (Lipinski definition) is 2. The molecule has 0 fully saturated rings. The summed E-state index contributed by atoms with van der Waals surface area (Å²) in [6, 6.07) is 1.87. The summed E-state index contributed by atoms with van der Waals surface area (Å²) < 4.78 is 0. The minimum Gasteiger partial charge on any atom is -0.193 e. The molecule has 0 amide bonds. The third-order valence-corrected chi connectivity index (χ3v) is 0.687. The average molecular weight is 99.2 g/mol. The standard InChI is InChI=1S/C4H5NS/c1-6-4-2-3-5/h2,4H,1H3. The number of nitrogens with zero attached hydrogens (tertiary/aromatic N) is 1. The van der Waals surface area contributed by atoms with Crippen LogP contribution in [0.5, 0.6) is 0 Å². The zero-order valence-electron chi connectivity index (χ0n) is 3.51. The van der Waals surface area contributed by atoms with Crippen LogP contribution in [0.25, 0.3) is 0 Å². The van der Waals surface area contributed by atoms with E-state index in [4.69, 9.17) is 5.26 Å². The molecule has 2 heteroatoms. The van der Waals surface area contributed by atoms with Gasteiger partial charge in [-0.3, -0.25) is 0 Å². The first kappa shape index (κ1) is 5.58. The number of nitriles is 1. The Kier molecular flexibility index (Phi) is 4.26. The van der Waals surface area contributed by atoms with Crippen molar-refractivity contribution >= 4 is 11.8 Å². The van der Waals surface area contributed by atoms with Gasteiger partial charge in [0, 0.05) is 6.08 Å². The van der Waals surface area contributed by atoms with E-state index in [0.717, 1.165) is 0 Å². The van der Waals surface area contributed by atoms with Gasteiger partial charge in [-0.15, -0.1) is 11.8 Å². The second-order valence-electron chi connectivity index (χ2n) is 0.668. The molecule has 32 valence electrons. The van der Waals surface area contributed by atoms with Gasteiger partial charge in [0.15, 0.2) is 0 Å². The first-order valence-corrected chi connectivity index (χ1v) is 2.78. The monoisotopic (exact) mass is 99.0 g/mol. The second kappa shape index (κ2) is 4.58. The maximum Gasteiger partial charge on any atom is 0.0917 e. The number of allylic oxidation sites excluding steroid dienone is 1. The van der Waals surface area contributed by atoms with Gasteiger partial charge in [-0.25, -0.2) is 0 Å². The first-order valence-electron chi connectivity index (χ1n) is 1.49. The number of hydrogen-bond donors (Lipinski definition) is 0. The van der Waals surface area contributed by atoms with Gasteiger partial charge >= 0.3 is 0 Å². The van der Waals surface area contributed by atoms with Crippen LogP contribution < -0.4 is 0 Å². The average Bonchev–Trinajstić information content (AvgIpc) is 1.61. The lowest BCUT2D eigenvalue weighted by Gasteiger charge is -1.64. The van der Waals surface area contributed by atoms with Crippen LogP contribution in [0.4, 0.5) is 0 Å². The van der Waals surface area contributed by atoms with E-state index in [2.05, 4.69) is 0 Å². The van der Waals surface area contributed by atoms with Gasteiger partial charge in [-0.2, -0.15) is 5.26 Å². The highest BCUT2D eigenvalue weighted by atomic mass is 32.2. The molecule has 0 aliphatic heterocycles. The SMILES string of the molecule is CSC=CC#N. The van der Waals surface area contributed by atoms with Crippen LogP contribution in [0.1, 0.15) is 0 Å². The lowest BCUT2D eigenvalue weighted by Crippen LogP contribution is -1.40. The predicted molar refractivity (Wildman–Crippen MR) is 28.3 cm³/mol. The number of rotatable bonds is 1. The van der Waals surface area contributed by atoms with Gasteiger partial charge in [0.1, 0.15) is 0 Å². The maximum absolute atomic E-state index is 7.85. The Morgan fingerprint density at radius 1 is 1.83 bits per heavy atom. The molecule has 0 bridgehead atoms. The first-order chi connectivity index (χ1) is 2.91. The molecule has 0 rings (SSSR count). The summed E-state index contributed by atoms with van der Waals surface area (Å²) in [5.41, 5.74) is 0. The van der Waals surface area contributed by atoms with E-state index in [-0.39, 0.29) is 0 Å². The van der Waals surface area contributed by atoms with Crippen molar-refractivity contribution in [2.75, 3.05) is 6.26 Å². The third-order valence-electron chi connectivity index (χ3n) is 0.279. The third kappa shape index (κ3) is 3.58. The fourth-order valence-electron chi connectivity index (χ4n) is 0.0985. The molecular formula is C4H5NS. The van der Waals surface area contributed by atoms with Gasteiger partial charge in [-0.1, -0.05) is 0 Å². The summed E-state index contributed by atoms with van der Waals surface area (Å²) in [5, 5.41) is 9.58. The molecule has 0 spiro atoms. The quantitative estimate of drug-likeness (QED) is 0.464. The Morgan fingerprint density at radius 3 is 2.67 bits per heavy atom. The molecule has 0 aromatic heterocycles. The molecule has 0 atom stereocenters. The molecule has 0 unspecified atom stereocenters. The zero-order chi connectivity index (χ0) is 4.83. The van der Waals surface area contributed by atoms with Crippen molar-refractivity contribution in [2.45, 2.75) is 0 Å². The van der Waals surface area contributed by atoms with Crippen molar-refractivity contribution < 1.29 is 0 Å². The minimum atomic E-state index is 1.45. The van der Waals surface area contributed by atoms with E-state index in [9.17, 15) is 0 Å². The Bertz CT molecular complexity index is 80.0.